The fraction of sp³-hybridized carbons (Fsp3) is 0.714. The van der Waals surface area contributed by atoms with E-state index in [-0.39, 0.29) is 25.1 Å². The molecule has 35 heavy (non-hydrogen) atoms. The number of carbonyl (C=O) groups is 2. The largest absolute Gasteiger partial charge is 0.395 e. The molecule has 7 nitrogen and oxygen atoms in total. The third kappa shape index (κ3) is 14.8. The van der Waals surface area contributed by atoms with Gasteiger partial charge in [-0.15, -0.1) is 0 Å². The van der Waals surface area contributed by atoms with Gasteiger partial charge in [0.1, 0.15) is 0 Å². The lowest BCUT2D eigenvalue weighted by Crippen LogP contribution is -2.46. The van der Waals surface area contributed by atoms with Crippen molar-refractivity contribution in [1.29, 1.82) is 0 Å². The van der Waals surface area contributed by atoms with Gasteiger partial charge in [0.15, 0.2) is 0 Å². The van der Waals surface area contributed by atoms with Gasteiger partial charge < -0.3 is 26.0 Å². The average Bonchev–Trinajstić information content (AvgIpc) is 2.85. The Labute approximate surface area is 215 Å². The smallest absolute Gasteiger partial charge is 0.319 e. The van der Waals surface area contributed by atoms with E-state index in [2.05, 4.69) is 57.5 Å². The molecule has 1 fully saturated rings. The van der Waals surface area contributed by atoms with E-state index in [1.54, 1.807) is 0 Å². The number of hydrogen-bond donors (Lipinski definition) is 4. The Kier molecular flexibility index (Phi) is 22.4. The number of urea groups is 1. The van der Waals surface area contributed by atoms with Crippen molar-refractivity contribution in [3.8, 4) is 0 Å². The van der Waals surface area contributed by atoms with Crippen LogP contribution in [0.5, 0.6) is 0 Å². The van der Waals surface area contributed by atoms with Crippen LogP contribution in [0, 0.1) is 5.92 Å². The first kappa shape index (κ1) is 35.0. The Morgan fingerprint density at radius 3 is 2.00 bits per heavy atom. The SMILES string of the molecule is CC.CCC.CCC.CCc1cc(NC(=O)NCCO)c(CC(C)C)cc1C(=O)N1CCNCC1. The van der Waals surface area contributed by atoms with E-state index in [1.165, 1.54) is 12.8 Å². The van der Waals surface area contributed by atoms with Crippen LogP contribution in [0.2, 0.25) is 0 Å². The summed E-state index contributed by atoms with van der Waals surface area (Å²) in [6.45, 7) is 21.9. The van der Waals surface area contributed by atoms with Gasteiger partial charge in [-0.2, -0.15) is 0 Å². The first-order valence-corrected chi connectivity index (χ1v) is 13.6. The number of amides is 3. The van der Waals surface area contributed by atoms with Crippen LogP contribution in [-0.4, -0.2) is 61.3 Å². The zero-order valence-corrected chi connectivity index (χ0v) is 24.0. The second-order valence-electron chi connectivity index (χ2n) is 8.68. The van der Waals surface area contributed by atoms with E-state index in [9.17, 15) is 9.59 Å². The summed E-state index contributed by atoms with van der Waals surface area (Å²) >= 11 is 0. The maximum atomic E-state index is 13.1. The fourth-order valence-corrected chi connectivity index (χ4v) is 3.28. The number of nitrogens with zero attached hydrogens (tertiary/aromatic N) is 1. The van der Waals surface area contributed by atoms with Gasteiger partial charge in [-0.1, -0.05) is 75.2 Å². The van der Waals surface area contributed by atoms with Crippen molar-refractivity contribution >= 4 is 17.6 Å². The number of carbonyl (C=O) groups excluding carboxylic acids is 2. The van der Waals surface area contributed by atoms with Gasteiger partial charge in [-0.05, 0) is 42.0 Å². The van der Waals surface area contributed by atoms with Crippen LogP contribution in [0.15, 0.2) is 12.1 Å². The van der Waals surface area contributed by atoms with Crippen LogP contribution >= 0.6 is 0 Å². The summed E-state index contributed by atoms with van der Waals surface area (Å²) in [5.41, 5.74) is 3.35. The average molecular weight is 495 g/mol. The predicted octanol–water partition coefficient (Wildman–Crippen LogP) is 5.47. The topological polar surface area (TPSA) is 93.7 Å². The van der Waals surface area contributed by atoms with Crippen molar-refractivity contribution in [2.24, 2.45) is 5.92 Å². The maximum absolute atomic E-state index is 13.1. The Morgan fingerprint density at radius 2 is 1.54 bits per heavy atom. The zero-order valence-electron chi connectivity index (χ0n) is 24.0. The summed E-state index contributed by atoms with van der Waals surface area (Å²) in [5.74, 6) is 0.454. The molecule has 204 valence electrons. The summed E-state index contributed by atoms with van der Waals surface area (Å²) in [6.07, 6.45) is 3.98. The van der Waals surface area contributed by atoms with E-state index in [0.717, 1.165) is 41.9 Å². The first-order valence-electron chi connectivity index (χ1n) is 13.6. The van der Waals surface area contributed by atoms with E-state index < -0.39 is 0 Å². The van der Waals surface area contributed by atoms with Gasteiger partial charge in [0, 0.05) is 44.0 Å². The summed E-state index contributed by atoms with van der Waals surface area (Å²) in [6, 6.07) is 3.52. The Bertz CT molecular complexity index is 685. The molecule has 0 aromatic heterocycles. The van der Waals surface area contributed by atoms with Crippen LogP contribution in [0.4, 0.5) is 10.5 Å². The fourth-order valence-electron chi connectivity index (χ4n) is 3.28. The van der Waals surface area contributed by atoms with E-state index in [1.807, 2.05) is 37.8 Å². The molecule has 7 heteroatoms. The lowest BCUT2D eigenvalue weighted by Gasteiger charge is -2.28. The molecule has 1 aromatic carbocycles. The molecule has 1 saturated heterocycles. The first-order chi connectivity index (χ1) is 16.8. The standard InChI is InChI=1S/C20H32N4O3.2C3H8.C2H6/c1-4-15-13-18(23-20(27)22-7-10-25)16(11-14(2)3)12-17(15)19(26)24-8-5-21-6-9-24;2*1-3-2;1-2/h12-14,21,25H,4-11H2,1-3H3,(H2,22,23,27);2*3H2,1-2H3;1-2H3. The van der Waals surface area contributed by atoms with E-state index >= 15 is 0 Å². The van der Waals surface area contributed by atoms with Crippen LogP contribution < -0.4 is 16.0 Å². The quantitative estimate of drug-likeness (QED) is 0.405. The number of piperazine rings is 1. The molecule has 1 aromatic rings. The minimum Gasteiger partial charge on any atom is -0.395 e. The van der Waals surface area contributed by atoms with Crippen molar-refractivity contribution in [2.75, 3.05) is 44.6 Å². The van der Waals surface area contributed by atoms with Crippen molar-refractivity contribution in [3.63, 3.8) is 0 Å². The molecule has 0 radical (unpaired) electrons. The van der Waals surface area contributed by atoms with Gasteiger partial charge in [0.2, 0.25) is 0 Å². The number of anilines is 1. The number of hydrogen-bond acceptors (Lipinski definition) is 4. The second-order valence-corrected chi connectivity index (χ2v) is 8.68. The molecule has 4 N–H and O–H groups in total. The molecule has 0 bridgehead atoms. The third-order valence-corrected chi connectivity index (χ3v) is 4.62. The number of benzene rings is 1. The zero-order chi connectivity index (χ0) is 27.2. The second kappa shape index (κ2) is 22.4. The lowest BCUT2D eigenvalue weighted by atomic mass is 9.94. The van der Waals surface area contributed by atoms with Gasteiger partial charge in [0.05, 0.1) is 6.61 Å². The Balaban J connectivity index is 0. The molecule has 0 saturated carbocycles. The normalized spacial score (nSPS) is 12.3. The molecule has 1 aliphatic heterocycles. The molecule has 2 rings (SSSR count). The maximum Gasteiger partial charge on any atom is 0.319 e. The highest BCUT2D eigenvalue weighted by molar-refractivity contribution is 5.98. The van der Waals surface area contributed by atoms with Crippen LogP contribution in [-0.2, 0) is 12.8 Å². The third-order valence-electron chi connectivity index (χ3n) is 4.62. The van der Waals surface area contributed by atoms with Gasteiger partial charge in [-0.3, -0.25) is 4.79 Å². The molecule has 0 spiro atoms. The Morgan fingerprint density at radius 1 is 1.00 bits per heavy atom. The van der Waals surface area contributed by atoms with Crippen molar-refractivity contribution in [1.82, 2.24) is 15.5 Å². The summed E-state index contributed by atoms with van der Waals surface area (Å²) in [4.78, 5) is 27.0. The molecule has 1 heterocycles. The van der Waals surface area contributed by atoms with Crippen molar-refractivity contribution in [2.45, 2.75) is 88.0 Å². The highest BCUT2D eigenvalue weighted by atomic mass is 16.3. The van der Waals surface area contributed by atoms with Gasteiger partial charge in [0.25, 0.3) is 5.91 Å². The van der Waals surface area contributed by atoms with Crippen molar-refractivity contribution < 1.29 is 14.7 Å². The summed E-state index contributed by atoms with van der Waals surface area (Å²) < 4.78 is 0. The molecule has 3 amide bonds. The van der Waals surface area contributed by atoms with Crippen LogP contribution in [0.25, 0.3) is 0 Å². The number of rotatable bonds is 7. The number of aliphatic hydroxyl groups is 1. The number of aliphatic hydroxyl groups excluding tert-OH is 1. The monoisotopic (exact) mass is 494 g/mol. The molecule has 0 unspecified atom stereocenters. The minimum absolute atomic E-state index is 0.0645. The highest BCUT2D eigenvalue weighted by Gasteiger charge is 2.22. The summed E-state index contributed by atoms with van der Waals surface area (Å²) in [7, 11) is 0. The van der Waals surface area contributed by atoms with Gasteiger partial charge in [-0.25, -0.2) is 4.79 Å². The molecule has 0 atom stereocenters. The van der Waals surface area contributed by atoms with Crippen LogP contribution in [0.1, 0.15) is 96.6 Å². The lowest BCUT2D eigenvalue weighted by molar-refractivity contribution is 0.0734. The number of nitrogens with one attached hydrogen (secondary N) is 3. The predicted molar refractivity (Wildman–Crippen MR) is 151 cm³/mol. The Hall–Kier alpha value is -2.12. The van der Waals surface area contributed by atoms with E-state index in [0.29, 0.717) is 25.4 Å². The number of aryl methyl sites for hydroxylation is 1. The molecule has 1 aliphatic rings. The summed E-state index contributed by atoms with van der Waals surface area (Å²) in [5, 5.41) is 17.6. The van der Waals surface area contributed by atoms with Crippen molar-refractivity contribution in [3.05, 3.63) is 28.8 Å². The van der Waals surface area contributed by atoms with Gasteiger partial charge >= 0.3 is 6.03 Å². The highest BCUT2D eigenvalue weighted by Crippen LogP contribution is 2.26. The molecule has 0 aliphatic carbocycles. The molecular weight excluding hydrogens is 440 g/mol. The molecular formula is C28H54N4O3. The van der Waals surface area contributed by atoms with E-state index in [4.69, 9.17) is 5.11 Å². The minimum atomic E-state index is -0.350. The van der Waals surface area contributed by atoms with Crippen LogP contribution in [0.3, 0.4) is 0 Å².